The minimum Gasteiger partial charge on any atom is -0.494 e. The molecule has 1 aromatic carbocycles. The second kappa shape index (κ2) is 4.81. The van der Waals surface area contributed by atoms with Crippen molar-refractivity contribution >= 4 is 0 Å². The van der Waals surface area contributed by atoms with Crippen LogP contribution in [0, 0.1) is 0 Å². The number of benzene rings is 1. The van der Waals surface area contributed by atoms with Crippen molar-refractivity contribution in [3.8, 4) is 11.4 Å². The molecule has 0 aliphatic carbocycles. The lowest BCUT2D eigenvalue weighted by molar-refractivity contribution is 0.276. The molecule has 0 aliphatic heterocycles. The predicted molar refractivity (Wildman–Crippen MR) is 60.7 cm³/mol. The summed E-state index contributed by atoms with van der Waals surface area (Å²) in [6.45, 7) is 2.58. The molecule has 0 aliphatic rings. The van der Waals surface area contributed by atoms with E-state index in [9.17, 15) is 0 Å². The highest BCUT2D eigenvalue weighted by Crippen LogP contribution is 2.15. The number of aliphatic hydroxyl groups excluding tert-OH is 1. The molecule has 0 atom stereocenters. The Kier molecular flexibility index (Phi) is 3.22. The van der Waals surface area contributed by atoms with Gasteiger partial charge in [0.05, 0.1) is 24.6 Å². The van der Waals surface area contributed by atoms with Crippen molar-refractivity contribution in [2.45, 2.75) is 13.5 Å². The van der Waals surface area contributed by atoms with Gasteiger partial charge in [0.1, 0.15) is 5.75 Å². The Labute approximate surface area is 94.1 Å². The van der Waals surface area contributed by atoms with Crippen LogP contribution in [0.2, 0.25) is 0 Å². The molecule has 16 heavy (non-hydrogen) atoms. The van der Waals surface area contributed by atoms with E-state index in [0.717, 1.165) is 11.4 Å². The zero-order valence-corrected chi connectivity index (χ0v) is 9.13. The number of rotatable bonds is 4. The van der Waals surface area contributed by atoms with Crippen molar-refractivity contribution in [2.75, 3.05) is 6.61 Å². The van der Waals surface area contributed by atoms with Crippen molar-refractivity contribution in [3.63, 3.8) is 0 Å². The van der Waals surface area contributed by atoms with Gasteiger partial charge in [-0.25, -0.2) is 4.68 Å². The molecule has 0 fully saturated rings. The molecule has 1 aromatic heterocycles. The normalized spacial score (nSPS) is 10.4. The fraction of sp³-hybridized carbons (Fsp3) is 0.250. The zero-order chi connectivity index (χ0) is 11.4. The molecule has 0 saturated heterocycles. The minimum absolute atomic E-state index is 0.0377. The minimum atomic E-state index is -0.0377. The lowest BCUT2D eigenvalue weighted by atomic mass is 10.3. The van der Waals surface area contributed by atoms with Crippen molar-refractivity contribution < 1.29 is 9.84 Å². The molecule has 2 aromatic rings. The van der Waals surface area contributed by atoms with E-state index in [-0.39, 0.29) is 6.61 Å². The van der Waals surface area contributed by atoms with E-state index in [1.807, 2.05) is 37.4 Å². The van der Waals surface area contributed by atoms with Crippen LogP contribution in [0.15, 0.2) is 36.5 Å². The lowest BCUT2D eigenvalue weighted by Crippen LogP contribution is -1.97. The lowest BCUT2D eigenvalue weighted by Gasteiger charge is -2.04. The van der Waals surface area contributed by atoms with E-state index in [1.165, 1.54) is 0 Å². The van der Waals surface area contributed by atoms with Crippen LogP contribution in [-0.4, -0.2) is 21.5 Å². The highest BCUT2D eigenvalue weighted by molar-refractivity contribution is 5.36. The summed E-state index contributed by atoms with van der Waals surface area (Å²) in [6.07, 6.45) is 1.82. The fourth-order valence-electron chi connectivity index (χ4n) is 1.45. The van der Waals surface area contributed by atoms with Gasteiger partial charge in [0, 0.05) is 6.20 Å². The van der Waals surface area contributed by atoms with Gasteiger partial charge in [-0.3, -0.25) is 0 Å². The van der Waals surface area contributed by atoms with Crippen LogP contribution in [0.4, 0.5) is 0 Å². The van der Waals surface area contributed by atoms with Gasteiger partial charge in [-0.05, 0) is 37.3 Å². The van der Waals surface area contributed by atoms with Gasteiger partial charge in [0.2, 0.25) is 0 Å². The summed E-state index contributed by atoms with van der Waals surface area (Å²) in [5.74, 6) is 0.848. The number of ether oxygens (including phenoxy) is 1. The maximum absolute atomic E-state index is 8.92. The molecule has 2 rings (SSSR count). The van der Waals surface area contributed by atoms with Gasteiger partial charge in [-0.2, -0.15) is 5.10 Å². The molecule has 1 heterocycles. The topological polar surface area (TPSA) is 47.3 Å². The van der Waals surface area contributed by atoms with E-state index >= 15 is 0 Å². The summed E-state index contributed by atoms with van der Waals surface area (Å²) >= 11 is 0. The molecule has 0 radical (unpaired) electrons. The number of aromatic nitrogens is 2. The largest absolute Gasteiger partial charge is 0.494 e. The molecule has 1 N–H and O–H groups in total. The van der Waals surface area contributed by atoms with Gasteiger partial charge in [0.25, 0.3) is 0 Å². The Morgan fingerprint density at radius 1 is 1.25 bits per heavy atom. The second-order valence-electron chi connectivity index (χ2n) is 3.34. The number of hydrogen-bond acceptors (Lipinski definition) is 3. The average molecular weight is 218 g/mol. The number of hydrogen-bond donors (Lipinski definition) is 1. The summed E-state index contributed by atoms with van der Waals surface area (Å²) in [6, 6.07) is 9.45. The summed E-state index contributed by atoms with van der Waals surface area (Å²) in [4.78, 5) is 0. The fourth-order valence-corrected chi connectivity index (χ4v) is 1.45. The zero-order valence-electron chi connectivity index (χ0n) is 9.13. The Bertz CT molecular complexity index is 448. The maximum Gasteiger partial charge on any atom is 0.119 e. The van der Waals surface area contributed by atoms with E-state index < -0.39 is 0 Å². The molecule has 0 amide bonds. The third-order valence-electron chi connectivity index (χ3n) is 2.22. The third kappa shape index (κ3) is 2.23. The molecule has 4 nitrogen and oxygen atoms in total. The average Bonchev–Trinajstić information content (AvgIpc) is 2.79. The highest BCUT2D eigenvalue weighted by Gasteiger charge is 2.00. The molecule has 0 spiro atoms. The van der Waals surface area contributed by atoms with Crippen LogP contribution in [0.1, 0.15) is 12.6 Å². The maximum atomic E-state index is 8.92. The van der Waals surface area contributed by atoms with E-state index in [1.54, 1.807) is 10.7 Å². The van der Waals surface area contributed by atoms with E-state index in [0.29, 0.717) is 12.3 Å². The summed E-state index contributed by atoms with van der Waals surface area (Å²) < 4.78 is 7.08. The first-order valence-corrected chi connectivity index (χ1v) is 5.22. The SMILES string of the molecule is CCOc1ccc(-n2ccc(CO)n2)cc1. The first-order valence-electron chi connectivity index (χ1n) is 5.22. The van der Waals surface area contributed by atoms with Crippen molar-refractivity contribution in [2.24, 2.45) is 0 Å². The Morgan fingerprint density at radius 3 is 2.56 bits per heavy atom. The molecule has 84 valence electrons. The van der Waals surface area contributed by atoms with Crippen LogP contribution < -0.4 is 4.74 Å². The van der Waals surface area contributed by atoms with Crippen LogP contribution in [0.3, 0.4) is 0 Å². The van der Waals surface area contributed by atoms with Gasteiger partial charge >= 0.3 is 0 Å². The third-order valence-corrected chi connectivity index (χ3v) is 2.22. The monoisotopic (exact) mass is 218 g/mol. The molecule has 4 heteroatoms. The quantitative estimate of drug-likeness (QED) is 0.850. The van der Waals surface area contributed by atoms with E-state index in [2.05, 4.69) is 5.10 Å². The summed E-state index contributed by atoms with van der Waals surface area (Å²) in [7, 11) is 0. The van der Waals surface area contributed by atoms with E-state index in [4.69, 9.17) is 9.84 Å². The number of nitrogens with zero attached hydrogens (tertiary/aromatic N) is 2. The Balaban J connectivity index is 2.20. The van der Waals surface area contributed by atoms with Gasteiger partial charge < -0.3 is 9.84 Å². The standard InChI is InChI=1S/C12H14N2O2/c1-2-16-12-5-3-11(4-6-12)14-8-7-10(9-15)13-14/h3-8,15H,2,9H2,1H3. The van der Waals surface area contributed by atoms with Crippen molar-refractivity contribution in [3.05, 3.63) is 42.2 Å². The summed E-state index contributed by atoms with van der Waals surface area (Å²) in [5.41, 5.74) is 1.61. The molecule has 0 unspecified atom stereocenters. The van der Waals surface area contributed by atoms with Gasteiger partial charge in [-0.1, -0.05) is 0 Å². The Morgan fingerprint density at radius 2 is 2.00 bits per heavy atom. The molecular weight excluding hydrogens is 204 g/mol. The molecule has 0 bridgehead atoms. The van der Waals surface area contributed by atoms with Gasteiger partial charge in [0.15, 0.2) is 0 Å². The highest BCUT2D eigenvalue weighted by atomic mass is 16.5. The second-order valence-corrected chi connectivity index (χ2v) is 3.34. The molecule has 0 saturated carbocycles. The number of aliphatic hydroxyl groups is 1. The van der Waals surface area contributed by atoms with Crippen molar-refractivity contribution in [1.82, 2.24) is 9.78 Å². The van der Waals surface area contributed by atoms with Crippen LogP contribution in [0.25, 0.3) is 5.69 Å². The van der Waals surface area contributed by atoms with Crippen LogP contribution in [-0.2, 0) is 6.61 Å². The predicted octanol–water partition coefficient (Wildman–Crippen LogP) is 1.76. The van der Waals surface area contributed by atoms with Crippen LogP contribution >= 0.6 is 0 Å². The van der Waals surface area contributed by atoms with Crippen LogP contribution in [0.5, 0.6) is 5.75 Å². The summed E-state index contributed by atoms with van der Waals surface area (Å²) in [5, 5.41) is 13.1. The first-order chi connectivity index (χ1) is 7.83. The van der Waals surface area contributed by atoms with Gasteiger partial charge in [-0.15, -0.1) is 0 Å². The Hall–Kier alpha value is -1.81. The first kappa shape index (κ1) is 10.7. The smallest absolute Gasteiger partial charge is 0.119 e. The molecular formula is C12H14N2O2. The van der Waals surface area contributed by atoms with Crippen molar-refractivity contribution in [1.29, 1.82) is 0 Å².